The van der Waals surface area contributed by atoms with Gasteiger partial charge in [-0.3, -0.25) is 4.79 Å². The number of ether oxygens (including phenoxy) is 4. The summed E-state index contributed by atoms with van der Waals surface area (Å²) in [5, 5.41) is 0.277. The molecule has 0 spiro atoms. The highest BCUT2D eigenvalue weighted by molar-refractivity contribution is 9.09. The molecule has 1 heterocycles. The molecule has 1 rings (SSSR count). The smallest absolute Gasteiger partial charge is 0.233 e. The van der Waals surface area contributed by atoms with Gasteiger partial charge < -0.3 is 23.8 Å². The predicted octanol–water partition coefficient (Wildman–Crippen LogP) is 2.40. The van der Waals surface area contributed by atoms with Gasteiger partial charge in [-0.1, -0.05) is 22.9 Å². The SMILES string of the molecule is CCOC(CCN(CC1OCC(C)C(C)O1)C(=O)CBr)OCC. The van der Waals surface area contributed by atoms with Gasteiger partial charge in [0.15, 0.2) is 12.6 Å². The van der Waals surface area contributed by atoms with E-state index in [1.165, 1.54) is 0 Å². The van der Waals surface area contributed by atoms with Crippen LogP contribution in [0.15, 0.2) is 0 Å². The fourth-order valence-electron chi connectivity index (χ4n) is 2.33. The molecule has 0 aromatic rings. The summed E-state index contributed by atoms with van der Waals surface area (Å²) in [5.41, 5.74) is 0. The molecule has 23 heavy (non-hydrogen) atoms. The van der Waals surface area contributed by atoms with Crippen molar-refractivity contribution in [1.82, 2.24) is 4.90 Å². The molecule has 1 fully saturated rings. The maximum absolute atomic E-state index is 12.1. The normalized spacial score (nSPS) is 24.9. The van der Waals surface area contributed by atoms with Crippen molar-refractivity contribution in [3.8, 4) is 0 Å². The molecule has 6 nitrogen and oxygen atoms in total. The van der Waals surface area contributed by atoms with Crippen molar-refractivity contribution in [2.75, 3.05) is 38.2 Å². The van der Waals surface area contributed by atoms with E-state index in [9.17, 15) is 4.79 Å². The molecule has 1 aliphatic heterocycles. The van der Waals surface area contributed by atoms with E-state index in [0.29, 0.717) is 45.2 Å². The van der Waals surface area contributed by atoms with Crippen LogP contribution in [0, 0.1) is 5.92 Å². The summed E-state index contributed by atoms with van der Waals surface area (Å²) in [7, 11) is 0. The molecule has 0 aromatic carbocycles. The van der Waals surface area contributed by atoms with Gasteiger partial charge in [-0.25, -0.2) is 0 Å². The first-order valence-electron chi connectivity index (χ1n) is 8.35. The Labute approximate surface area is 147 Å². The first kappa shape index (κ1) is 20.8. The maximum Gasteiger partial charge on any atom is 0.233 e. The van der Waals surface area contributed by atoms with Gasteiger partial charge >= 0.3 is 0 Å². The third kappa shape index (κ3) is 7.47. The molecule has 0 radical (unpaired) electrons. The van der Waals surface area contributed by atoms with Crippen molar-refractivity contribution in [1.29, 1.82) is 0 Å². The topological polar surface area (TPSA) is 57.2 Å². The molecule has 3 unspecified atom stereocenters. The Kier molecular flexibility index (Phi) is 10.3. The average Bonchev–Trinajstić information content (AvgIpc) is 2.54. The molecule has 7 heteroatoms. The lowest BCUT2D eigenvalue weighted by atomic mass is 10.1. The number of halogens is 1. The lowest BCUT2D eigenvalue weighted by molar-refractivity contribution is -0.234. The number of carbonyl (C=O) groups is 1. The standard InChI is InChI=1S/C16H30BrNO5/c1-5-20-15(21-6-2)7-8-18(14(19)9-17)10-16-22-11-12(3)13(4)23-16/h12-13,15-16H,5-11H2,1-4H3. The third-order valence-corrected chi connectivity index (χ3v) is 4.37. The van der Waals surface area contributed by atoms with Crippen LogP contribution in [0.25, 0.3) is 0 Å². The molecule has 1 amide bonds. The van der Waals surface area contributed by atoms with Crippen LogP contribution in [0.5, 0.6) is 0 Å². The molecular weight excluding hydrogens is 366 g/mol. The zero-order valence-corrected chi connectivity index (χ0v) is 16.2. The number of alkyl halides is 1. The molecule has 0 bridgehead atoms. The van der Waals surface area contributed by atoms with Gasteiger partial charge in [-0.2, -0.15) is 0 Å². The van der Waals surface area contributed by atoms with E-state index in [1.54, 1.807) is 4.90 Å². The Morgan fingerprint density at radius 1 is 1.30 bits per heavy atom. The fourth-order valence-corrected chi connectivity index (χ4v) is 2.69. The van der Waals surface area contributed by atoms with Gasteiger partial charge in [0.25, 0.3) is 0 Å². The molecule has 0 saturated carbocycles. The van der Waals surface area contributed by atoms with E-state index in [-0.39, 0.29) is 29.9 Å². The van der Waals surface area contributed by atoms with Crippen LogP contribution in [0.4, 0.5) is 0 Å². The molecule has 0 aromatic heterocycles. The predicted molar refractivity (Wildman–Crippen MR) is 91.5 cm³/mol. The number of hydrogen-bond donors (Lipinski definition) is 0. The summed E-state index contributed by atoms with van der Waals surface area (Å²) >= 11 is 3.23. The van der Waals surface area contributed by atoms with Crippen molar-refractivity contribution in [3.63, 3.8) is 0 Å². The number of carbonyl (C=O) groups excluding carboxylic acids is 1. The number of hydrogen-bond acceptors (Lipinski definition) is 5. The van der Waals surface area contributed by atoms with Crippen molar-refractivity contribution >= 4 is 21.8 Å². The molecule has 3 atom stereocenters. The number of amides is 1. The summed E-state index contributed by atoms with van der Waals surface area (Å²) in [4.78, 5) is 13.9. The quantitative estimate of drug-likeness (QED) is 0.419. The van der Waals surface area contributed by atoms with Crippen LogP contribution in [0.1, 0.15) is 34.1 Å². The van der Waals surface area contributed by atoms with Crippen molar-refractivity contribution in [2.45, 2.75) is 52.8 Å². The summed E-state index contributed by atoms with van der Waals surface area (Å²) in [6.07, 6.45) is 0.0953. The van der Waals surface area contributed by atoms with Gasteiger partial charge in [0, 0.05) is 32.1 Å². The zero-order valence-electron chi connectivity index (χ0n) is 14.6. The van der Waals surface area contributed by atoms with E-state index in [1.807, 2.05) is 20.8 Å². The molecule has 1 aliphatic rings. The first-order valence-corrected chi connectivity index (χ1v) is 9.47. The molecule has 0 aliphatic carbocycles. The van der Waals surface area contributed by atoms with Crippen molar-refractivity contribution in [2.24, 2.45) is 5.92 Å². The Morgan fingerprint density at radius 2 is 1.96 bits per heavy atom. The van der Waals surface area contributed by atoms with Gasteiger partial charge in [-0.05, 0) is 20.8 Å². The van der Waals surface area contributed by atoms with Crippen LogP contribution in [-0.4, -0.2) is 67.7 Å². The minimum absolute atomic E-state index is 0.00946. The first-order chi connectivity index (χ1) is 11.0. The summed E-state index contributed by atoms with van der Waals surface area (Å²) in [6.45, 7) is 10.8. The lowest BCUT2D eigenvalue weighted by Gasteiger charge is -2.36. The average molecular weight is 396 g/mol. The van der Waals surface area contributed by atoms with Gasteiger partial charge in [0.05, 0.1) is 24.6 Å². The number of rotatable bonds is 10. The number of nitrogens with zero attached hydrogens (tertiary/aromatic N) is 1. The van der Waals surface area contributed by atoms with E-state index in [4.69, 9.17) is 18.9 Å². The summed E-state index contributed by atoms with van der Waals surface area (Å²) in [5.74, 6) is 0.377. The summed E-state index contributed by atoms with van der Waals surface area (Å²) < 4.78 is 22.6. The third-order valence-electron chi connectivity index (χ3n) is 3.89. The van der Waals surface area contributed by atoms with Crippen LogP contribution in [0.3, 0.4) is 0 Å². The van der Waals surface area contributed by atoms with Crippen LogP contribution in [0.2, 0.25) is 0 Å². The van der Waals surface area contributed by atoms with E-state index in [2.05, 4.69) is 22.9 Å². The fraction of sp³-hybridized carbons (Fsp3) is 0.938. The molecule has 136 valence electrons. The van der Waals surface area contributed by atoms with Crippen LogP contribution < -0.4 is 0 Å². The van der Waals surface area contributed by atoms with Gasteiger partial charge in [-0.15, -0.1) is 0 Å². The largest absolute Gasteiger partial charge is 0.353 e. The minimum Gasteiger partial charge on any atom is -0.353 e. The minimum atomic E-state index is -0.373. The Morgan fingerprint density at radius 3 is 2.48 bits per heavy atom. The Hall–Kier alpha value is -0.210. The van der Waals surface area contributed by atoms with E-state index < -0.39 is 0 Å². The van der Waals surface area contributed by atoms with Crippen molar-refractivity contribution in [3.05, 3.63) is 0 Å². The Bertz CT molecular complexity index is 338. The van der Waals surface area contributed by atoms with E-state index in [0.717, 1.165) is 0 Å². The molecular formula is C16H30BrNO5. The van der Waals surface area contributed by atoms with Gasteiger partial charge in [0.1, 0.15) is 0 Å². The monoisotopic (exact) mass is 395 g/mol. The van der Waals surface area contributed by atoms with Crippen molar-refractivity contribution < 1.29 is 23.7 Å². The highest BCUT2D eigenvalue weighted by atomic mass is 79.9. The molecule has 0 N–H and O–H groups in total. The second-order valence-corrected chi connectivity index (χ2v) is 6.24. The maximum atomic E-state index is 12.1. The van der Waals surface area contributed by atoms with E-state index >= 15 is 0 Å². The second-order valence-electron chi connectivity index (χ2n) is 5.68. The lowest BCUT2D eigenvalue weighted by Crippen LogP contribution is -2.46. The zero-order chi connectivity index (χ0) is 17.2. The second kappa shape index (κ2) is 11.4. The molecule has 1 saturated heterocycles. The highest BCUT2D eigenvalue weighted by Gasteiger charge is 2.28. The van der Waals surface area contributed by atoms with Crippen LogP contribution in [-0.2, 0) is 23.7 Å². The van der Waals surface area contributed by atoms with Gasteiger partial charge in [0.2, 0.25) is 5.91 Å². The highest BCUT2D eigenvalue weighted by Crippen LogP contribution is 2.19. The Balaban J connectivity index is 2.53. The summed E-state index contributed by atoms with van der Waals surface area (Å²) in [6, 6.07) is 0. The van der Waals surface area contributed by atoms with Crippen LogP contribution >= 0.6 is 15.9 Å².